The van der Waals surface area contributed by atoms with Crippen molar-refractivity contribution >= 4 is 12.0 Å². The minimum atomic E-state index is -1.01. The SMILES string of the molecule is CN(CC(=O)O)C(=O)NC1CC2CCC1O2. The molecule has 3 unspecified atom stereocenters. The second kappa shape index (κ2) is 4.29. The van der Waals surface area contributed by atoms with Gasteiger partial charge < -0.3 is 20.1 Å². The molecule has 0 radical (unpaired) electrons. The molecule has 2 aliphatic heterocycles. The molecule has 2 saturated heterocycles. The van der Waals surface area contributed by atoms with E-state index in [1.54, 1.807) is 0 Å². The van der Waals surface area contributed by atoms with Gasteiger partial charge in [-0.3, -0.25) is 4.79 Å². The first-order valence-corrected chi connectivity index (χ1v) is 5.45. The van der Waals surface area contributed by atoms with Crippen LogP contribution in [0.4, 0.5) is 4.79 Å². The lowest BCUT2D eigenvalue weighted by Gasteiger charge is -2.23. The van der Waals surface area contributed by atoms with E-state index in [1.807, 2.05) is 0 Å². The zero-order valence-corrected chi connectivity index (χ0v) is 9.18. The number of urea groups is 1. The second-order valence-corrected chi connectivity index (χ2v) is 4.42. The van der Waals surface area contributed by atoms with Crippen molar-refractivity contribution in [1.29, 1.82) is 0 Å². The third-order valence-electron chi connectivity index (χ3n) is 3.13. The Bertz CT molecular complexity index is 307. The first kappa shape index (κ1) is 11.2. The molecule has 2 fully saturated rings. The molecule has 2 N–H and O–H groups in total. The number of hydrogen-bond acceptors (Lipinski definition) is 3. The van der Waals surface area contributed by atoms with Crippen molar-refractivity contribution < 1.29 is 19.4 Å². The fraction of sp³-hybridized carbons (Fsp3) is 0.800. The summed E-state index contributed by atoms with van der Waals surface area (Å²) in [7, 11) is 1.47. The largest absolute Gasteiger partial charge is 0.480 e. The average Bonchev–Trinajstić information content (AvgIpc) is 2.77. The molecule has 2 bridgehead atoms. The number of likely N-dealkylation sites (N-methyl/N-ethyl adjacent to an activating group) is 1. The van der Waals surface area contributed by atoms with Gasteiger partial charge in [0, 0.05) is 7.05 Å². The maximum Gasteiger partial charge on any atom is 0.323 e. The van der Waals surface area contributed by atoms with Gasteiger partial charge in [0.2, 0.25) is 0 Å². The van der Waals surface area contributed by atoms with E-state index in [0.29, 0.717) is 0 Å². The van der Waals surface area contributed by atoms with E-state index in [2.05, 4.69) is 5.32 Å². The Kier molecular flexibility index (Phi) is 3.00. The van der Waals surface area contributed by atoms with Crippen molar-refractivity contribution in [2.45, 2.75) is 37.5 Å². The minimum Gasteiger partial charge on any atom is -0.480 e. The summed E-state index contributed by atoms with van der Waals surface area (Å²) in [6, 6.07) is -0.300. The molecule has 16 heavy (non-hydrogen) atoms. The molecule has 2 rings (SSSR count). The lowest BCUT2D eigenvalue weighted by atomic mass is 9.96. The lowest BCUT2D eigenvalue weighted by Crippen LogP contribution is -2.48. The number of aliphatic carboxylic acids is 1. The highest BCUT2D eigenvalue weighted by atomic mass is 16.5. The first-order chi connectivity index (χ1) is 7.56. The van der Waals surface area contributed by atoms with Crippen LogP contribution in [0.1, 0.15) is 19.3 Å². The van der Waals surface area contributed by atoms with Gasteiger partial charge in [-0.15, -0.1) is 0 Å². The maximum absolute atomic E-state index is 11.6. The van der Waals surface area contributed by atoms with E-state index in [9.17, 15) is 9.59 Å². The van der Waals surface area contributed by atoms with Crippen LogP contribution in [0.5, 0.6) is 0 Å². The molecule has 0 aromatic rings. The van der Waals surface area contributed by atoms with E-state index >= 15 is 0 Å². The number of carbonyl (C=O) groups is 2. The van der Waals surface area contributed by atoms with Crippen LogP contribution in [0, 0.1) is 0 Å². The van der Waals surface area contributed by atoms with Crippen LogP contribution in [0.25, 0.3) is 0 Å². The molecule has 3 atom stereocenters. The van der Waals surface area contributed by atoms with Crippen LogP contribution < -0.4 is 5.32 Å². The summed E-state index contributed by atoms with van der Waals surface area (Å²) in [5, 5.41) is 11.4. The third kappa shape index (κ3) is 2.27. The number of nitrogens with one attached hydrogen (secondary N) is 1. The fourth-order valence-corrected chi connectivity index (χ4v) is 2.33. The summed E-state index contributed by atoms with van der Waals surface area (Å²) in [6.45, 7) is -0.284. The molecule has 90 valence electrons. The second-order valence-electron chi connectivity index (χ2n) is 4.42. The summed E-state index contributed by atoms with van der Waals surface area (Å²) < 4.78 is 5.60. The monoisotopic (exact) mass is 228 g/mol. The Morgan fingerprint density at radius 3 is 2.75 bits per heavy atom. The molecular formula is C10H16N2O4. The molecule has 6 nitrogen and oxygen atoms in total. The van der Waals surface area contributed by atoms with Crippen LogP contribution in [0.3, 0.4) is 0 Å². The van der Waals surface area contributed by atoms with Gasteiger partial charge in [0.1, 0.15) is 6.54 Å². The Morgan fingerprint density at radius 1 is 1.50 bits per heavy atom. The van der Waals surface area contributed by atoms with Crippen LogP contribution in [0.2, 0.25) is 0 Å². The van der Waals surface area contributed by atoms with Gasteiger partial charge in [0.15, 0.2) is 0 Å². The van der Waals surface area contributed by atoms with Crippen molar-refractivity contribution in [3.8, 4) is 0 Å². The van der Waals surface area contributed by atoms with Gasteiger partial charge in [-0.2, -0.15) is 0 Å². The van der Waals surface area contributed by atoms with Crippen molar-refractivity contribution in [3.63, 3.8) is 0 Å². The van der Waals surface area contributed by atoms with Crippen LogP contribution in [-0.4, -0.2) is 53.8 Å². The van der Waals surface area contributed by atoms with Gasteiger partial charge >= 0.3 is 12.0 Å². The van der Waals surface area contributed by atoms with Crippen molar-refractivity contribution in [2.75, 3.05) is 13.6 Å². The molecule has 2 aliphatic rings. The quantitative estimate of drug-likeness (QED) is 0.714. The molecule has 0 aromatic heterocycles. The minimum absolute atomic E-state index is 0.0440. The molecule has 6 heteroatoms. The normalized spacial score (nSPS) is 31.4. The maximum atomic E-state index is 11.6. The number of carbonyl (C=O) groups excluding carboxylic acids is 1. The van der Waals surface area contributed by atoms with Crippen LogP contribution >= 0.6 is 0 Å². The Morgan fingerprint density at radius 2 is 2.25 bits per heavy atom. The number of amides is 2. The highest BCUT2D eigenvalue weighted by molar-refractivity contribution is 5.80. The highest BCUT2D eigenvalue weighted by Gasteiger charge is 2.41. The number of nitrogens with zero attached hydrogens (tertiary/aromatic N) is 1. The molecule has 0 saturated carbocycles. The Labute approximate surface area is 93.6 Å². The first-order valence-electron chi connectivity index (χ1n) is 5.45. The van der Waals surface area contributed by atoms with E-state index in [0.717, 1.165) is 24.2 Å². The van der Waals surface area contributed by atoms with Crippen LogP contribution in [-0.2, 0) is 9.53 Å². The van der Waals surface area contributed by atoms with Gasteiger partial charge in [-0.1, -0.05) is 0 Å². The van der Waals surface area contributed by atoms with Gasteiger partial charge in [0.05, 0.1) is 18.2 Å². The molecule has 0 spiro atoms. The summed E-state index contributed by atoms with van der Waals surface area (Å²) in [6.07, 6.45) is 3.30. The third-order valence-corrected chi connectivity index (χ3v) is 3.13. The fourth-order valence-electron chi connectivity index (χ4n) is 2.33. The summed E-state index contributed by atoms with van der Waals surface area (Å²) in [4.78, 5) is 23.2. The zero-order chi connectivity index (χ0) is 11.7. The lowest BCUT2D eigenvalue weighted by molar-refractivity contribution is -0.137. The zero-order valence-electron chi connectivity index (χ0n) is 9.18. The summed E-state index contributed by atoms with van der Waals surface area (Å²) in [5.74, 6) is -1.01. The van der Waals surface area contributed by atoms with E-state index < -0.39 is 5.97 Å². The van der Waals surface area contributed by atoms with Gasteiger partial charge in [-0.05, 0) is 19.3 Å². The van der Waals surface area contributed by atoms with Gasteiger partial charge in [0.25, 0.3) is 0 Å². The number of ether oxygens (including phenoxy) is 1. The highest BCUT2D eigenvalue weighted by Crippen LogP contribution is 2.34. The molecular weight excluding hydrogens is 212 g/mol. The molecule has 2 amide bonds. The van der Waals surface area contributed by atoms with Crippen molar-refractivity contribution in [3.05, 3.63) is 0 Å². The molecule has 2 heterocycles. The number of rotatable bonds is 3. The van der Waals surface area contributed by atoms with E-state index in [-0.39, 0.29) is 30.8 Å². The summed E-state index contributed by atoms with van der Waals surface area (Å²) >= 11 is 0. The number of fused-ring (bicyclic) bond motifs is 2. The predicted molar refractivity (Wildman–Crippen MR) is 55.1 cm³/mol. The smallest absolute Gasteiger partial charge is 0.323 e. The molecule has 0 aliphatic carbocycles. The van der Waals surface area contributed by atoms with E-state index in [1.165, 1.54) is 7.05 Å². The van der Waals surface area contributed by atoms with Gasteiger partial charge in [-0.25, -0.2) is 4.79 Å². The average molecular weight is 228 g/mol. The number of carboxylic acids is 1. The topological polar surface area (TPSA) is 78.9 Å². The number of hydrogen-bond donors (Lipinski definition) is 2. The predicted octanol–water partition coefficient (Wildman–Crippen LogP) is 0.0323. The summed E-state index contributed by atoms with van der Waals surface area (Å²) in [5.41, 5.74) is 0. The van der Waals surface area contributed by atoms with E-state index in [4.69, 9.17) is 9.84 Å². The Hall–Kier alpha value is -1.30. The number of carboxylic acid groups (broad SMARTS) is 1. The van der Waals surface area contributed by atoms with Crippen LogP contribution in [0.15, 0.2) is 0 Å². The Balaban J connectivity index is 1.81. The molecule has 0 aromatic carbocycles. The van der Waals surface area contributed by atoms with Crippen molar-refractivity contribution in [2.24, 2.45) is 0 Å². The standard InChI is InChI=1S/C10H16N2O4/c1-12(5-9(13)14)10(15)11-7-4-6-2-3-8(7)16-6/h6-8H,2-5H2,1H3,(H,11,15)(H,13,14). The van der Waals surface area contributed by atoms with Crippen molar-refractivity contribution in [1.82, 2.24) is 10.2 Å².